The molecule has 0 unspecified atom stereocenters. The second-order valence-electron chi connectivity index (χ2n) is 4.83. The van der Waals surface area contributed by atoms with E-state index in [4.69, 9.17) is 10.5 Å². The first-order valence-corrected chi connectivity index (χ1v) is 7.30. The number of amides is 1. The first kappa shape index (κ1) is 15.4. The highest BCUT2D eigenvalue weighted by molar-refractivity contribution is 9.10. The first-order chi connectivity index (χ1) is 9.95. The highest BCUT2D eigenvalue weighted by Crippen LogP contribution is 2.25. The average molecular weight is 349 g/mol. The van der Waals surface area contributed by atoms with E-state index in [1.165, 1.54) is 0 Å². The predicted molar refractivity (Wildman–Crippen MR) is 88.6 cm³/mol. The molecule has 5 heteroatoms. The third-order valence-electron chi connectivity index (χ3n) is 2.94. The summed E-state index contributed by atoms with van der Waals surface area (Å²) in [5.74, 6) is 0.498. The normalized spacial score (nSPS) is 10.2. The van der Waals surface area contributed by atoms with Crippen LogP contribution >= 0.6 is 15.9 Å². The molecule has 110 valence electrons. The van der Waals surface area contributed by atoms with E-state index in [2.05, 4.69) is 21.2 Å². The van der Waals surface area contributed by atoms with Crippen LogP contribution in [0.5, 0.6) is 5.75 Å². The van der Waals surface area contributed by atoms with Gasteiger partial charge in [-0.2, -0.15) is 0 Å². The van der Waals surface area contributed by atoms with Crippen LogP contribution in [0.4, 0.5) is 11.4 Å². The minimum absolute atomic E-state index is 0.0435. The minimum Gasteiger partial charge on any atom is -0.483 e. The zero-order chi connectivity index (χ0) is 15.4. The molecule has 0 aliphatic rings. The molecule has 3 N–H and O–H groups in total. The van der Waals surface area contributed by atoms with Gasteiger partial charge in [0.2, 0.25) is 0 Å². The van der Waals surface area contributed by atoms with E-state index in [1.54, 1.807) is 0 Å². The number of hydrogen-bond acceptors (Lipinski definition) is 3. The van der Waals surface area contributed by atoms with Crippen LogP contribution in [0.3, 0.4) is 0 Å². The Labute approximate surface area is 132 Å². The van der Waals surface area contributed by atoms with Crippen molar-refractivity contribution < 1.29 is 9.53 Å². The molecule has 0 radical (unpaired) electrons. The van der Waals surface area contributed by atoms with Gasteiger partial charge in [0.15, 0.2) is 6.61 Å². The molecule has 2 aromatic rings. The number of benzene rings is 2. The van der Waals surface area contributed by atoms with Crippen LogP contribution in [0.1, 0.15) is 11.1 Å². The maximum atomic E-state index is 11.9. The predicted octanol–water partition coefficient (Wildman–Crippen LogP) is 3.67. The lowest BCUT2D eigenvalue weighted by Gasteiger charge is -2.13. The molecule has 0 saturated carbocycles. The van der Waals surface area contributed by atoms with Crippen molar-refractivity contribution in [2.24, 2.45) is 0 Å². The third kappa shape index (κ3) is 4.23. The summed E-state index contributed by atoms with van der Waals surface area (Å²) in [5, 5.41) is 2.78. The van der Waals surface area contributed by atoms with Crippen LogP contribution in [0.25, 0.3) is 0 Å². The van der Waals surface area contributed by atoms with Crippen molar-refractivity contribution in [2.75, 3.05) is 17.7 Å². The number of hydrogen-bond donors (Lipinski definition) is 2. The van der Waals surface area contributed by atoms with Crippen molar-refractivity contribution in [1.82, 2.24) is 0 Å². The highest BCUT2D eigenvalue weighted by atomic mass is 79.9. The average Bonchev–Trinajstić information content (AvgIpc) is 2.37. The fourth-order valence-electron chi connectivity index (χ4n) is 2.11. The van der Waals surface area contributed by atoms with E-state index in [-0.39, 0.29) is 12.5 Å². The Balaban J connectivity index is 1.99. The Morgan fingerprint density at radius 2 is 1.90 bits per heavy atom. The molecule has 2 aromatic carbocycles. The summed E-state index contributed by atoms with van der Waals surface area (Å²) < 4.78 is 6.52. The van der Waals surface area contributed by atoms with Gasteiger partial charge in [0.1, 0.15) is 5.75 Å². The molecule has 1 amide bonds. The summed E-state index contributed by atoms with van der Waals surface area (Å²) in [6.45, 7) is 3.77. The van der Waals surface area contributed by atoms with Gasteiger partial charge in [0.05, 0.1) is 0 Å². The maximum Gasteiger partial charge on any atom is 0.262 e. The van der Waals surface area contributed by atoms with Crippen molar-refractivity contribution >= 4 is 33.2 Å². The summed E-state index contributed by atoms with van der Waals surface area (Å²) in [4.78, 5) is 11.9. The standard InChI is InChI=1S/C16H17BrN2O2/c1-10-6-13(18)7-11(2)16(10)21-9-15(20)19-14-5-3-4-12(17)8-14/h3-8H,9,18H2,1-2H3,(H,19,20). The number of aryl methyl sites for hydroxylation is 2. The maximum absolute atomic E-state index is 11.9. The minimum atomic E-state index is -0.205. The summed E-state index contributed by atoms with van der Waals surface area (Å²) in [5.41, 5.74) is 9.02. The lowest BCUT2D eigenvalue weighted by molar-refractivity contribution is -0.118. The van der Waals surface area contributed by atoms with E-state index in [0.29, 0.717) is 11.4 Å². The number of carbonyl (C=O) groups excluding carboxylic acids is 1. The van der Waals surface area contributed by atoms with Crippen LogP contribution in [0, 0.1) is 13.8 Å². The lowest BCUT2D eigenvalue weighted by Crippen LogP contribution is -2.20. The zero-order valence-corrected chi connectivity index (χ0v) is 13.5. The van der Waals surface area contributed by atoms with Gasteiger partial charge in [-0.1, -0.05) is 22.0 Å². The SMILES string of the molecule is Cc1cc(N)cc(C)c1OCC(=O)Nc1cccc(Br)c1. The lowest BCUT2D eigenvalue weighted by atomic mass is 10.1. The molecule has 0 aromatic heterocycles. The van der Waals surface area contributed by atoms with E-state index < -0.39 is 0 Å². The molecule has 0 atom stereocenters. The Morgan fingerprint density at radius 3 is 2.52 bits per heavy atom. The number of halogens is 1. The van der Waals surface area contributed by atoms with Gasteiger partial charge < -0.3 is 15.8 Å². The topological polar surface area (TPSA) is 64.3 Å². The summed E-state index contributed by atoms with van der Waals surface area (Å²) in [7, 11) is 0. The van der Waals surface area contributed by atoms with Crippen LogP contribution in [-0.2, 0) is 4.79 Å². The monoisotopic (exact) mass is 348 g/mol. The van der Waals surface area contributed by atoms with Gasteiger partial charge in [0, 0.05) is 15.8 Å². The smallest absolute Gasteiger partial charge is 0.262 e. The molecule has 21 heavy (non-hydrogen) atoms. The fraction of sp³-hybridized carbons (Fsp3) is 0.188. The molecule has 4 nitrogen and oxygen atoms in total. The van der Waals surface area contributed by atoms with Crippen molar-refractivity contribution in [3.63, 3.8) is 0 Å². The van der Waals surface area contributed by atoms with Gasteiger partial charge in [-0.05, 0) is 55.3 Å². The molecule has 0 aliphatic heterocycles. The van der Waals surface area contributed by atoms with Gasteiger partial charge in [-0.25, -0.2) is 0 Å². The van der Waals surface area contributed by atoms with Crippen LogP contribution < -0.4 is 15.8 Å². The largest absolute Gasteiger partial charge is 0.483 e. The Kier molecular flexibility index (Phi) is 4.85. The van der Waals surface area contributed by atoms with E-state index in [9.17, 15) is 4.79 Å². The van der Waals surface area contributed by atoms with Gasteiger partial charge in [0.25, 0.3) is 5.91 Å². The molecule has 0 heterocycles. The van der Waals surface area contributed by atoms with Gasteiger partial charge >= 0.3 is 0 Å². The van der Waals surface area contributed by atoms with Gasteiger partial charge in [-0.15, -0.1) is 0 Å². The number of ether oxygens (including phenoxy) is 1. The third-order valence-corrected chi connectivity index (χ3v) is 3.43. The van der Waals surface area contributed by atoms with Crippen molar-refractivity contribution in [3.05, 3.63) is 52.0 Å². The zero-order valence-electron chi connectivity index (χ0n) is 11.9. The summed E-state index contributed by atoms with van der Waals surface area (Å²) >= 11 is 3.36. The highest BCUT2D eigenvalue weighted by Gasteiger charge is 2.09. The number of anilines is 2. The van der Waals surface area contributed by atoms with Crippen molar-refractivity contribution in [1.29, 1.82) is 0 Å². The Hall–Kier alpha value is -2.01. The van der Waals surface area contributed by atoms with E-state index in [0.717, 1.165) is 21.3 Å². The van der Waals surface area contributed by atoms with Gasteiger partial charge in [-0.3, -0.25) is 4.79 Å². The number of carbonyl (C=O) groups is 1. The number of nitrogen functional groups attached to an aromatic ring is 1. The fourth-order valence-corrected chi connectivity index (χ4v) is 2.51. The second-order valence-corrected chi connectivity index (χ2v) is 5.75. The quantitative estimate of drug-likeness (QED) is 0.828. The van der Waals surface area contributed by atoms with Crippen LogP contribution in [0.2, 0.25) is 0 Å². The van der Waals surface area contributed by atoms with Crippen LogP contribution in [0.15, 0.2) is 40.9 Å². The summed E-state index contributed by atoms with van der Waals surface area (Å²) in [6, 6.07) is 11.1. The number of nitrogens with two attached hydrogens (primary N) is 1. The first-order valence-electron chi connectivity index (χ1n) is 6.50. The molecule has 0 saturated heterocycles. The molecule has 0 fully saturated rings. The van der Waals surface area contributed by atoms with E-state index in [1.807, 2.05) is 50.2 Å². The van der Waals surface area contributed by atoms with Crippen molar-refractivity contribution in [3.8, 4) is 5.75 Å². The molecule has 0 bridgehead atoms. The summed E-state index contributed by atoms with van der Waals surface area (Å²) in [6.07, 6.45) is 0. The molecule has 2 rings (SSSR count). The molecule has 0 spiro atoms. The molecular weight excluding hydrogens is 332 g/mol. The number of rotatable bonds is 4. The Morgan fingerprint density at radius 1 is 1.24 bits per heavy atom. The van der Waals surface area contributed by atoms with E-state index >= 15 is 0 Å². The second kappa shape index (κ2) is 6.63. The van der Waals surface area contributed by atoms with Crippen LogP contribution in [-0.4, -0.2) is 12.5 Å². The molecular formula is C16H17BrN2O2. The molecule has 0 aliphatic carbocycles. The number of nitrogens with one attached hydrogen (secondary N) is 1. The van der Waals surface area contributed by atoms with Crippen molar-refractivity contribution in [2.45, 2.75) is 13.8 Å². The Bertz CT molecular complexity index is 648.